The number of ether oxygens (including phenoxy) is 2. The number of nitrogens with zero attached hydrogens (tertiary/aromatic N) is 4. The van der Waals surface area contributed by atoms with E-state index >= 15 is 0 Å². The first-order valence-corrected chi connectivity index (χ1v) is 10.1. The number of hydrogen-bond donors (Lipinski definition) is 1. The molecule has 4 rings (SSSR count). The fourth-order valence-electron chi connectivity index (χ4n) is 2.93. The van der Waals surface area contributed by atoms with Crippen LogP contribution in [0.1, 0.15) is 0 Å². The van der Waals surface area contributed by atoms with Gasteiger partial charge in [0.05, 0.1) is 42.9 Å². The van der Waals surface area contributed by atoms with Gasteiger partial charge in [0, 0.05) is 6.07 Å². The third kappa shape index (κ3) is 4.06. The van der Waals surface area contributed by atoms with Gasteiger partial charge >= 0.3 is 0 Å². The maximum atomic E-state index is 12.5. The molecule has 0 aliphatic carbocycles. The minimum atomic E-state index is -0.186. The molecule has 0 aliphatic rings. The second kappa shape index (κ2) is 8.83. The first kappa shape index (κ1) is 19.7. The van der Waals surface area contributed by atoms with Crippen LogP contribution in [-0.4, -0.2) is 45.6 Å². The third-order valence-corrected chi connectivity index (χ3v) is 5.36. The Morgan fingerprint density at radius 3 is 2.70 bits per heavy atom. The van der Waals surface area contributed by atoms with E-state index in [2.05, 4.69) is 20.4 Å². The summed E-state index contributed by atoms with van der Waals surface area (Å²) in [5, 5.41) is 8.77. The lowest BCUT2D eigenvalue weighted by Gasteiger charge is -2.11. The molecule has 0 atom stereocenters. The summed E-state index contributed by atoms with van der Waals surface area (Å²) in [4.78, 5) is 21.2. The van der Waals surface area contributed by atoms with Crippen molar-refractivity contribution in [3.63, 3.8) is 0 Å². The smallest absolute Gasteiger partial charge is 0.234 e. The molecule has 9 heteroatoms. The largest absolute Gasteiger partial charge is 0.497 e. The first-order chi connectivity index (χ1) is 14.7. The Bertz CT molecular complexity index is 1180. The molecule has 0 spiro atoms. The molecule has 152 valence electrons. The molecule has 4 aromatic rings. The van der Waals surface area contributed by atoms with Gasteiger partial charge in [-0.1, -0.05) is 30.0 Å². The van der Waals surface area contributed by atoms with Crippen LogP contribution in [0.2, 0.25) is 0 Å². The molecule has 30 heavy (non-hydrogen) atoms. The van der Waals surface area contributed by atoms with E-state index in [0.29, 0.717) is 27.9 Å². The fraction of sp³-hybridized carbons (Fsp3) is 0.143. The Morgan fingerprint density at radius 1 is 1.10 bits per heavy atom. The van der Waals surface area contributed by atoms with Crippen LogP contribution in [0.3, 0.4) is 0 Å². The van der Waals surface area contributed by atoms with Crippen molar-refractivity contribution < 1.29 is 14.3 Å². The van der Waals surface area contributed by atoms with Gasteiger partial charge < -0.3 is 14.8 Å². The number of carbonyl (C=O) groups excluding carboxylic acids is 1. The van der Waals surface area contributed by atoms with Crippen molar-refractivity contribution >= 4 is 34.4 Å². The van der Waals surface area contributed by atoms with E-state index in [1.54, 1.807) is 43.3 Å². The minimum Gasteiger partial charge on any atom is -0.497 e. The lowest BCUT2D eigenvalue weighted by molar-refractivity contribution is -0.113. The molecule has 0 aliphatic heterocycles. The maximum Gasteiger partial charge on any atom is 0.234 e. The predicted octanol–water partition coefficient (Wildman–Crippen LogP) is 3.56. The van der Waals surface area contributed by atoms with Crippen LogP contribution < -0.4 is 14.8 Å². The molecular formula is C21H19N5O3S. The Morgan fingerprint density at radius 2 is 1.93 bits per heavy atom. The van der Waals surface area contributed by atoms with Gasteiger partial charge in [0.1, 0.15) is 22.9 Å². The highest BCUT2D eigenvalue weighted by Gasteiger charge is 2.14. The average Bonchev–Trinajstić information content (AvgIpc) is 3.23. The Hall–Kier alpha value is -3.59. The number of amides is 1. The molecule has 1 N–H and O–H groups in total. The van der Waals surface area contributed by atoms with E-state index in [4.69, 9.17) is 9.47 Å². The second-order valence-electron chi connectivity index (χ2n) is 6.21. The van der Waals surface area contributed by atoms with Crippen LogP contribution in [0, 0.1) is 0 Å². The summed E-state index contributed by atoms with van der Waals surface area (Å²) in [6.07, 6.45) is 3.20. The lowest BCUT2D eigenvalue weighted by atomic mass is 10.2. The van der Waals surface area contributed by atoms with Crippen molar-refractivity contribution in [1.82, 2.24) is 19.7 Å². The summed E-state index contributed by atoms with van der Waals surface area (Å²) in [5.74, 6) is 1.17. The summed E-state index contributed by atoms with van der Waals surface area (Å²) >= 11 is 1.32. The number of anilines is 1. The monoisotopic (exact) mass is 421 g/mol. The summed E-state index contributed by atoms with van der Waals surface area (Å²) in [6.45, 7) is 0. The number of carbonyl (C=O) groups is 1. The van der Waals surface area contributed by atoms with Crippen LogP contribution >= 0.6 is 11.8 Å². The number of rotatable bonds is 7. The maximum absolute atomic E-state index is 12.5. The number of fused-ring (bicyclic) bond motifs is 1. The summed E-state index contributed by atoms with van der Waals surface area (Å²) in [5.41, 5.74) is 2.14. The second-order valence-corrected chi connectivity index (χ2v) is 7.18. The fourth-order valence-corrected chi connectivity index (χ4v) is 3.69. The van der Waals surface area contributed by atoms with Gasteiger partial charge in [0.2, 0.25) is 5.91 Å². The van der Waals surface area contributed by atoms with Gasteiger partial charge in [0.25, 0.3) is 0 Å². The Kier molecular flexibility index (Phi) is 5.80. The quantitative estimate of drug-likeness (QED) is 0.360. The van der Waals surface area contributed by atoms with Crippen molar-refractivity contribution in [2.24, 2.45) is 0 Å². The molecule has 2 aromatic carbocycles. The summed E-state index contributed by atoms with van der Waals surface area (Å²) in [7, 11) is 3.12. The van der Waals surface area contributed by atoms with Crippen molar-refractivity contribution in [2.75, 3.05) is 25.3 Å². The van der Waals surface area contributed by atoms with Crippen molar-refractivity contribution in [3.05, 3.63) is 61.1 Å². The zero-order valence-corrected chi connectivity index (χ0v) is 17.2. The molecule has 0 saturated heterocycles. The molecule has 0 bridgehead atoms. The van der Waals surface area contributed by atoms with Gasteiger partial charge in [-0.15, -0.1) is 0 Å². The lowest BCUT2D eigenvalue weighted by Crippen LogP contribution is -2.15. The van der Waals surface area contributed by atoms with Gasteiger partial charge in [-0.3, -0.25) is 4.79 Å². The van der Waals surface area contributed by atoms with Gasteiger partial charge in [-0.05, 0) is 24.3 Å². The van der Waals surface area contributed by atoms with E-state index in [1.165, 1.54) is 18.1 Å². The third-order valence-electron chi connectivity index (χ3n) is 4.35. The number of benzene rings is 2. The highest BCUT2D eigenvalue weighted by molar-refractivity contribution is 8.00. The van der Waals surface area contributed by atoms with Crippen LogP contribution in [0.4, 0.5) is 5.69 Å². The predicted molar refractivity (Wildman–Crippen MR) is 116 cm³/mol. The standard InChI is InChI=1S/C21H19N5O3S/c1-28-15-8-9-18(29-2)17(10-15)25-19(27)12-30-21-16-11-24-26(20(16)22-13-23-21)14-6-4-3-5-7-14/h3-11,13H,12H2,1-2H3,(H,25,27). The molecule has 8 nitrogen and oxygen atoms in total. The minimum absolute atomic E-state index is 0.170. The topological polar surface area (TPSA) is 91.2 Å². The van der Waals surface area contributed by atoms with E-state index in [-0.39, 0.29) is 11.7 Å². The molecule has 0 fully saturated rings. The van der Waals surface area contributed by atoms with E-state index in [9.17, 15) is 4.79 Å². The van der Waals surface area contributed by atoms with Crippen LogP contribution in [0.25, 0.3) is 16.7 Å². The molecule has 0 unspecified atom stereocenters. The number of thioether (sulfide) groups is 1. The van der Waals surface area contributed by atoms with Crippen LogP contribution in [0.5, 0.6) is 11.5 Å². The number of methoxy groups -OCH3 is 2. The summed E-state index contributed by atoms with van der Waals surface area (Å²) < 4.78 is 12.3. The highest BCUT2D eigenvalue weighted by atomic mass is 32.2. The Balaban J connectivity index is 1.50. The van der Waals surface area contributed by atoms with E-state index in [1.807, 2.05) is 30.3 Å². The first-order valence-electron chi connectivity index (χ1n) is 9.08. The van der Waals surface area contributed by atoms with Crippen molar-refractivity contribution in [3.8, 4) is 17.2 Å². The molecule has 2 aromatic heterocycles. The van der Waals surface area contributed by atoms with Crippen molar-refractivity contribution in [2.45, 2.75) is 5.03 Å². The molecular weight excluding hydrogens is 402 g/mol. The average molecular weight is 421 g/mol. The van der Waals surface area contributed by atoms with Gasteiger partial charge in [-0.25, -0.2) is 14.6 Å². The zero-order chi connectivity index (χ0) is 20.9. The van der Waals surface area contributed by atoms with Crippen molar-refractivity contribution in [1.29, 1.82) is 0 Å². The Labute approximate surface area is 177 Å². The van der Waals surface area contributed by atoms with Gasteiger partial charge in [0.15, 0.2) is 5.65 Å². The molecule has 0 saturated carbocycles. The van der Waals surface area contributed by atoms with Crippen LogP contribution in [-0.2, 0) is 4.79 Å². The van der Waals surface area contributed by atoms with Crippen LogP contribution in [0.15, 0.2) is 66.1 Å². The normalized spacial score (nSPS) is 10.7. The van der Waals surface area contributed by atoms with E-state index in [0.717, 1.165) is 11.1 Å². The van der Waals surface area contributed by atoms with Gasteiger partial charge in [-0.2, -0.15) is 5.10 Å². The molecule has 1 amide bonds. The number of nitrogens with one attached hydrogen (secondary N) is 1. The summed E-state index contributed by atoms with van der Waals surface area (Å²) in [6, 6.07) is 15.0. The molecule has 0 radical (unpaired) electrons. The highest BCUT2D eigenvalue weighted by Crippen LogP contribution is 2.30. The number of hydrogen-bond acceptors (Lipinski definition) is 7. The number of para-hydroxylation sites is 1. The zero-order valence-electron chi connectivity index (χ0n) is 16.4. The molecule has 2 heterocycles. The number of aromatic nitrogens is 4. The van der Waals surface area contributed by atoms with E-state index < -0.39 is 0 Å². The SMILES string of the molecule is COc1ccc(OC)c(NC(=O)CSc2ncnc3c2cnn3-c2ccccc2)c1.